The molecule has 7 nitrogen and oxygen atoms in total. The number of hydrogen-bond donors (Lipinski definition) is 1. The van der Waals surface area contributed by atoms with Crippen molar-refractivity contribution >= 4 is 15.8 Å². The molecule has 2 heterocycles. The zero-order chi connectivity index (χ0) is 14.0. The molecule has 0 amide bonds. The minimum Gasteiger partial charge on any atom is -0.384 e. The Morgan fingerprint density at radius 3 is 2.37 bits per heavy atom. The lowest BCUT2D eigenvalue weighted by Crippen LogP contribution is -2.30. The van der Waals surface area contributed by atoms with Gasteiger partial charge in [0.15, 0.2) is 0 Å². The maximum absolute atomic E-state index is 12.4. The highest BCUT2D eigenvalue weighted by molar-refractivity contribution is 7.89. The van der Waals surface area contributed by atoms with Gasteiger partial charge >= 0.3 is 0 Å². The molecule has 106 valence electrons. The first-order chi connectivity index (χ1) is 8.98. The van der Waals surface area contributed by atoms with Crippen molar-refractivity contribution < 1.29 is 17.9 Å². The molecule has 2 N–H and O–H groups in total. The molecule has 2 rings (SSSR count). The summed E-state index contributed by atoms with van der Waals surface area (Å²) in [4.78, 5) is 3.92. The van der Waals surface area contributed by atoms with E-state index in [0.29, 0.717) is 0 Å². The molecule has 1 fully saturated rings. The Balaban J connectivity index is 2.27. The van der Waals surface area contributed by atoms with E-state index in [2.05, 4.69) is 4.98 Å². The van der Waals surface area contributed by atoms with Crippen LogP contribution in [0.2, 0.25) is 0 Å². The first-order valence-electron chi connectivity index (χ1n) is 5.76. The molecule has 0 aliphatic carbocycles. The Kier molecular flexibility index (Phi) is 4.04. The summed E-state index contributed by atoms with van der Waals surface area (Å²) < 4.78 is 36.7. The lowest BCUT2D eigenvalue weighted by Gasteiger charge is -2.15. The molecule has 0 radical (unpaired) electrons. The third-order valence-electron chi connectivity index (χ3n) is 3.18. The summed E-state index contributed by atoms with van der Waals surface area (Å²) in [7, 11) is -0.516. The summed E-state index contributed by atoms with van der Waals surface area (Å²) in [5, 5.41) is 0. The van der Waals surface area contributed by atoms with Gasteiger partial charge in [-0.3, -0.25) is 0 Å². The number of rotatable bonds is 4. The molecule has 1 aromatic rings. The normalized spacial score (nSPS) is 24.7. The number of nitrogen functional groups attached to an aromatic ring is 1. The van der Waals surface area contributed by atoms with E-state index in [1.807, 2.05) is 0 Å². The van der Waals surface area contributed by atoms with Gasteiger partial charge in [-0.1, -0.05) is 0 Å². The van der Waals surface area contributed by atoms with E-state index in [1.165, 1.54) is 36.9 Å². The average molecular weight is 287 g/mol. The number of nitrogens with zero attached hydrogens (tertiary/aromatic N) is 2. The van der Waals surface area contributed by atoms with E-state index >= 15 is 0 Å². The van der Waals surface area contributed by atoms with E-state index in [1.54, 1.807) is 0 Å². The molecule has 1 saturated heterocycles. The van der Waals surface area contributed by atoms with Crippen LogP contribution >= 0.6 is 0 Å². The smallest absolute Gasteiger partial charge is 0.243 e. The Labute approximate surface area is 112 Å². The van der Waals surface area contributed by atoms with Crippen LogP contribution in [0.25, 0.3) is 0 Å². The van der Waals surface area contributed by atoms with Crippen LogP contribution < -0.4 is 5.73 Å². The number of aromatic nitrogens is 1. The predicted molar refractivity (Wildman–Crippen MR) is 69.0 cm³/mol. The van der Waals surface area contributed by atoms with Gasteiger partial charge in [0.25, 0.3) is 0 Å². The van der Waals surface area contributed by atoms with Gasteiger partial charge in [0.1, 0.15) is 5.82 Å². The first-order valence-corrected chi connectivity index (χ1v) is 7.20. The van der Waals surface area contributed by atoms with Crippen LogP contribution in [-0.4, -0.2) is 57.2 Å². The van der Waals surface area contributed by atoms with Gasteiger partial charge in [0.2, 0.25) is 10.0 Å². The van der Waals surface area contributed by atoms with Crippen LogP contribution in [0.15, 0.2) is 23.2 Å². The zero-order valence-electron chi connectivity index (χ0n) is 10.8. The third kappa shape index (κ3) is 2.71. The fraction of sp³-hybridized carbons (Fsp3) is 0.545. The Hall–Kier alpha value is -1.22. The highest BCUT2D eigenvalue weighted by atomic mass is 32.2. The monoisotopic (exact) mass is 287 g/mol. The second-order valence-electron chi connectivity index (χ2n) is 4.29. The van der Waals surface area contributed by atoms with Crippen LogP contribution in [0.5, 0.6) is 0 Å². The van der Waals surface area contributed by atoms with E-state index in [9.17, 15) is 8.42 Å². The van der Waals surface area contributed by atoms with Crippen LogP contribution in [0.3, 0.4) is 0 Å². The first kappa shape index (κ1) is 14.2. The van der Waals surface area contributed by atoms with Crippen molar-refractivity contribution in [2.75, 3.05) is 33.0 Å². The van der Waals surface area contributed by atoms with Crippen molar-refractivity contribution in [3.63, 3.8) is 0 Å². The lowest BCUT2D eigenvalue weighted by molar-refractivity contribution is -0.00461. The topological polar surface area (TPSA) is 94.8 Å². The van der Waals surface area contributed by atoms with Crippen molar-refractivity contribution in [1.82, 2.24) is 9.29 Å². The highest BCUT2D eigenvalue weighted by Gasteiger charge is 2.39. The number of hydrogen-bond acceptors (Lipinski definition) is 6. The van der Waals surface area contributed by atoms with Crippen molar-refractivity contribution in [2.45, 2.75) is 17.1 Å². The van der Waals surface area contributed by atoms with Gasteiger partial charge in [0, 0.05) is 39.6 Å². The number of nitrogens with two attached hydrogens (primary N) is 1. The third-order valence-corrected chi connectivity index (χ3v) is 5.01. The summed E-state index contributed by atoms with van der Waals surface area (Å²) >= 11 is 0. The van der Waals surface area contributed by atoms with Crippen LogP contribution in [0, 0.1) is 0 Å². The summed E-state index contributed by atoms with van der Waals surface area (Å²) in [6.07, 6.45) is 0.845. The molecule has 1 aliphatic rings. The number of sulfonamides is 1. The van der Waals surface area contributed by atoms with Crippen LogP contribution in [0.4, 0.5) is 5.82 Å². The average Bonchev–Trinajstić information content (AvgIpc) is 2.82. The molecule has 19 heavy (non-hydrogen) atoms. The summed E-state index contributed by atoms with van der Waals surface area (Å²) in [6, 6.07) is 2.77. The Bertz CT molecular complexity index is 537. The Morgan fingerprint density at radius 2 is 1.89 bits per heavy atom. The molecule has 0 spiro atoms. The summed E-state index contributed by atoms with van der Waals surface area (Å²) in [5.41, 5.74) is 5.52. The number of methoxy groups -OCH3 is 2. The van der Waals surface area contributed by atoms with Crippen molar-refractivity contribution in [2.24, 2.45) is 0 Å². The van der Waals surface area contributed by atoms with Crippen molar-refractivity contribution in [3.05, 3.63) is 18.3 Å². The summed E-state index contributed by atoms with van der Waals surface area (Å²) in [5.74, 6) is 0.173. The highest BCUT2D eigenvalue weighted by Crippen LogP contribution is 2.24. The number of ether oxygens (including phenoxy) is 2. The second kappa shape index (κ2) is 5.41. The van der Waals surface area contributed by atoms with E-state index in [4.69, 9.17) is 15.2 Å². The van der Waals surface area contributed by atoms with Gasteiger partial charge in [-0.15, -0.1) is 0 Å². The molecule has 1 aromatic heterocycles. The van der Waals surface area contributed by atoms with Crippen LogP contribution in [-0.2, 0) is 19.5 Å². The van der Waals surface area contributed by atoms with Crippen LogP contribution in [0.1, 0.15) is 0 Å². The van der Waals surface area contributed by atoms with Gasteiger partial charge in [-0.2, -0.15) is 4.31 Å². The largest absolute Gasteiger partial charge is 0.384 e. The SMILES string of the molecule is COC1CN(S(=O)(=O)c2ccnc(N)c2)CC1OC. The lowest BCUT2D eigenvalue weighted by atomic mass is 10.3. The fourth-order valence-electron chi connectivity index (χ4n) is 2.10. The number of pyridine rings is 1. The molecule has 0 saturated carbocycles. The molecule has 0 bridgehead atoms. The molecule has 2 atom stereocenters. The van der Waals surface area contributed by atoms with Gasteiger partial charge in [-0.05, 0) is 6.07 Å². The predicted octanol–water partition coefficient (Wildman–Crippen LogP) is -0.302. The minimum atomic E-state index is -3.59. The van der Waals surface area contributed by atoms with E-state index < -0.39 is 10.0 Å². The second-order valence-corrected chi connectivity index (χ2v) is 6.22. The minimum absolute atomic E-state index is 0.131. The molecule has 8 heteroatoms. The molecule has 1 aliphatic heterocycles. The molecular formula is C11H17N3O4S. The van der Waals surface area contributed by atoms with Gasteiger partial charge < -0.3 is 15.2 Å². The zero-order valence-corrected chi connectivity index (χ0v) is 11.6. The van der Waals surface area contributed by atoms with Crippen molar-refractivity contribution in [1.29, 1.82) is 0 Å². The van der Waals surface area contributed by atoms with E-state index in [0.717, 1.165) is 0 Å². The Morgan fingerprint density at radius 1 is 1.32 bits per heavy atom. The number of anilines is 1. The quantitative estimate of drug-likeness (QED) is 0.817. The molecule has 2 unspecified atom stereocenters. The molecular weight excluding hydrogens is 270 g/mol. The van der Waals surface area contributed by atoms with Gasteiger partial charge in [0.05, 0.1) is 17.1 Å². The molecule has 0 aromatic carbocycles. The summed E-state index contributed by atoms with van der Waals surface area (Å²) in [6.45, 7) is 0.527. The van der Waals surface area contributed by atoms with Gasteiger partial charge in [-0.25, -0.2) is 13.4 Å². The standard InChI is InChI=1S/C11H17N3O4S/c1-17-9-6-14(7-10(9)18-2)19(15,16)8-3-4-13-11(12)5-8/h3-5,9-10H,6-7H2,1-2H3,(H2,12,13). The van der Waals surface area contributed by atoms with Crippen molar-refractivity contribution in [3.8, 4) is 0 Å². The maximum atomic E-state index is 12.4. The van der Waals surface area contributed by atoms with E-state index in [-0.39, 0.29) is 36.0 Å². The fourth-order valence-corrected chi connectivity index (χ4v) is 3.58. The maximum Gasteiger partial charge on any atom is 0.243 e.